The lowest BCUT2D eigenvalue weighted by molar-refractivity contribution is 0.228. The Labute approximate surface area is 147 Å². The zero-order chi connectivity index (χ0) is 17.3. The van der Waals surface area contributed by atoms with Gasteiger partial charge in [-0.25, -0.2) is 9.46 Å². The summed E-state index contributed by atoms with van der Waals surface area (Å²) in [6, 6.07) is 8.56. The standard InChI is InChI=1S/C15H24ClN2O3PS/c1-4-13(3)23-22(20,21-5-2)18(12-11-16)15(19)17-14-9-7-6-8-10-14/h6-10,13H,4-5,11-12H2,1-3H3,(H,17,19). The van der Waals surface area contributed by atoms with Crippen LogP contribution in [0.4, 0.5) is 10.5 Å². The fourth-order valence-electron chi connectivity index (χ4n) is 1.75. The van der Waals surface area contributed by atoms with Crippen molar-refractivity contribution >= 4 is 41.4 Å². The van der Waals surface area contributed by atoms with E-state index in [9.17, 15) is 9.36 Å². The van der Waals surface area contributed by atoms with Crippen LogP contribution < -0.4 is 5.32 Å². The van der Waals surface area contributed by atoms with Crippen molar-refractivity contribution in [2.75, 3.05) is 24.3 Å². The Kier molecular flexibility index (Phi) is 9.07. The smallest absolute Gasteiger partial charge is 0.307 e. The van der Waals surface area contributed by atoms with E-state index in [1.54, 1.807) is 19.1 Å². The molecule has 0 bridgehead atoms. The van der Waals surface area contributed by atoms with Crippen LogP contribution in [0, 0.1) is 0 Å². The van der Waals surface area contributed by atoms with Gasteiger partial charge in [-0.1, -0.05) is 32.0 Å². The molecule has 1 aromatic carbocycles. The molecule has 8 heteroatoms. The highest BCUT2D eigenvalue weighted by Gasteiger charge is 2.37. The van der Waals surface area contributed by atoms with Gasteiger partial charge in [0.05, 0.1) is 6.61 Å². The van der Waals surface area contributed by atoms with Crippen LogP contribution in [0.1, 0.15) is 27.2 Å². The summed E-state index contributed by atoms with van der Waals surface area (Å²) in [5.74, 6) is 0.181. The minimum Gasteiger partial charge on any atom is -0.307 e. The van der Waals surface area contributed by atoms with Crippen LogP contribution in [0.3, 0.4) is 0 Å². The third-order valence-electron chi connectivity index (χ3n) is 3.03. The monoisotopic (exact) mass is 378 g/mol. The maximum absolute atomic E-state index is 13.3. The third kappa shape index (κ3) is 6.38. The van der Waals surface area contributed by atoms with E-state index >= 15 is 0 Å². The predicted octanol–water partition coefficient (Wildman–Crippen LogP) is 5.44. The number of anilines is 1. The molecule has 0 aliphatic carbocycles. The highest BCUT2D eigenvalue weighted by molar-refractivity contribution is 8.56. The number of nitrogens with zero attached hydrogens (tertiary/aromatic N) is 1. The summed E-state index contributed by atoms with van der Waals surface area (Å²) in [7, 11) is 0. The van der Waals surface area contributed by atoms with Gasteiger partial charge in [0.2, 0.25) is 0 Å². The minimum atomic E-state index is -3.36. The van der Waals surface area contributed by atoms with Crippen molar-refractivity contribution in [2.45, 2.75) is 32.4 Å². The number of hydrogen-bond donors (Lipinski definition) is 1. The van der Waals surface area contributed by atoms with Gasteiger partial charge in [-0.2, -0.15) is 0 Å². The van der Waals surface area contributed by atoms with Gasteiger partial charge in [-0.15, -0.1) is 11.6 Å². The quantitative estimate of drug-likeness (QED) is 0.459. The molecule has 1 aromatic rings. The van der Waals surface area contributed by atoms with Gasteiger partial charge in [-0.05, 0) is 36.9 Å². The molecule has 2 atom stereocenters. The van der Waals surface area contributed by atoms with Gasteiger partial charge in [0.25, 0.3) is 0 Å². The fraction of sp³-hybridized carbons (Fsp3) is 0.533. The molecule has 0 spiro atoms. The maximum atomic E-state index is 13.3. The number of hydrogen-bond acceptors (Lipinski definition) is 4. The largest absolute Gasteiger partial charge is 0.357 e. The number of halogens is 1. The minimum absolute atomic E-state index is 0.106. The summed E-state index contributed by atoms with van der Waals surface area (Å²) in [6.45, 7) is 2.79. The zero-order valence-electron chi connectivity index (χ0n) is 13.7. The van der Waals surface area contributed by atoms with E-state index < -0.39 is 12.8 Å². The molecule has 1 N–H and O–H groups in total. The molecular formula is C15H24ClN2O3PS. The second-order valence-corrected chi connectivity index (χ2v) is 9.91. The lowest BCUT2D eigenvalue weighted by atomic mass is 10.3. The Bertz CT molecular complexity index is 533. The number of carbonyl (C=O) groups is 1. The maximum Gasteiger partial charge on any atom is 0.357 e. The number of urea groups is 1. The first kappa shape index (κ1) is 20.4. The molecule has 5 nitrogen and oxygen atoms in total. The Balaban J connectivity index is 2.99. The number of para-hydroxylation sites is 1. The molecule has 0 radical (unpaired) electrons. The van der Waals surface area contributed by atoms with Crippen molar-refractivity contribution < 1.29 is 13.9 Å². The van der Waals surface area contributed by atoms with E-state index in [0.717, 1.165) is 6.42 Å². The van der Waals surface area contributed by atoms with Crippen LogP contribution >= 0.6 is 29.7 Å². The van der Waals surface area contributed by atoms with E-state index in [0.29, 0.717) is 5.69 Å². The Morgan fingerprint density at radius 1 is 1.39 bits per heavy atom. The summed E-state index contributed by atoms with van der Waals surface area (Å²) in [4.78, 5) is 12.6. The first-order valence-corrected chi connectivity index (χ1v) is 11.2. The molecule has 0 aliphatic rings. The van der Waals surface area contributed by atoms with Crippen LogP contribution in [0.15, 0.2) is 30.3 Å². The van der Waals surface area contributed by atoms with Gasteiger partial charge in [0, 0.05) is 23.4 Å². The van der Waals surface area contributed by atoms with Crippen LogP contribution in [0.5, 0.6) is 0 Å². The van der Waals surface area contributed by atoms with Crippen LogP contribution in [-0.2, 0) is 9.09 Å². The summed E-state index contributed by atoms with van der Waals surface area (Å²) < 4.78 is 20.0. The summed E-state index contributed by atoms with van der Waals surface area (Å²) in [5, 5.41) is 2.85. The molecule has 0 fully saturated rings. The lowest BCUT2D eigenvalue weighted by Crippen LogP contribution is -2.34. The highest BCUT2D eigenvalue weighted by atomic mass is 35.5. The molecule has 0 saturated heterocycles. The van der Waals surface area contributed by atoms with Crippen molar-refractivity contribution in [3.63, 3.8) is 0 Å². The summed E-state index contributed by atoms with van der Waals surface area (Å²) in [6.07, 6.45) is 0.830. The molecule has 23 heavy (non-hydrogen) atoms. The molecule has 130 valence electrons. The lowest BCUT2D eigenvalue weighted by Gasteiger charge is -2.31. The van der Waals surface area contributed by atoms with Crippen molar-refractivity contribution in [1.82, 2.24) is 4.67 Å². The number of carbonyl (C=O) groups excluding carboxylic acids is 1. The van der Waals surface area contributed by atoms with Crippen LogP contribution in [0.25, 0.3) is 0 Å². The van der Waals surface area contributed by atoms with E-state index in [1.165, 1.54) is 16.1 Å². The van der Waals surface area contributed by atoms with Crippen LogP contribution in [-0.4, -0.2) is 35.0 Å². The van der Waals surface area contributed by atoms with Gasteiger partial charge in [0.15, 0.2) is 0 Å². The Hall–Kier alpha value is -0.680. The normalized spacial score (nSPS) is 14.8. The average Bonchev–Trinajstić information content (AvgIpc) is 2.53. The SMILES string of the molecule is CCOP(=O)(SC(C)CC)N(CCCl)C(=O)Nc1ccccc1. The van der Waals surface area contributed by atoms with E-state index in [2.05, 4.69) is 5.32 Å². The number of amides is 2. The van der Waals surface area contributed by atoms with E-state index in [1.807, 2.05) is 32.0 Å². The molecule has 0 heterocycles. The van der Waals surface area contributed by atoms with Gasteiger partial charge < -0.3 is 9.84 Å². The average molecular weight is 379 g/mol. The zero-order valence-corrected chi connectivity index (χ0v) is 16.2. The molecule has 0 saturated carbocycles. The second-order valence-electron chi connectivity index (χ2n) is 4.82. The van der Waals surface area contributed by atoms with Crippen molar-refractivity contribution in [1.29, 1.82) is 0 Å². The molecular weight excluding hydrogens is 355 g/mol. The van der Waals surface area contributed by atoms with Gasteiger partial charge in [-0.3, -0.25) is 4.57 Å². The van der Waals surface area contributed by atoms with Crippen molar-refractivity contribution in [2.24, 2.45) is 0 Å². The first-order valence-electron chi connectivity index (χ1n) is 7.59. The summed E-state index contributed by atoms with van der Waals surface area (Å²) in [5.41, 5.74) is 0.633. The predicted molar refractivity (Wildman–Crippen MR) is 99.5 cm³/mol. The van der Waals surface area contributed by atoms with Gasteiger partial charge in [0.1, 0.15) is 0 Å². The van der Waals surface area contributed by atoms with Crippen molar-refractivity contribution in [3.05, 3.63) is 30.3 Å². The third-order valence-corrected chi connectivity index (χ3v) is 8.50. The molecule has 0 aromatic heterocycles. The summed E-state index contributed by atoms with van der Waals surface area (Å²) >= 11 is 7.01. The van der Waals surface area contributed by atoms with Gasteiger partial charge >= 0.3 is 12.8 Å². The van der Waals surface area contributed by atoms with E-state index in [-0.39, 0.29) is 24.3 Å². The number of benzene rings is 1. The molecule has 0 aliphatic heterocycles. The Morgan fingerprint density at radius 3 is 2.57 bits per heavy atom. The fourth-order valence-corrected chi connectivity index (χ4v) is 7.01. The van der Waals surface area contributed by atoms with Crippen molar-refractivity contribution in [3.8, 4) is 0 Å². The number of alkyl halides is 1. The molecule has 2 unspecified atom stereocenters. The van der Waals surface area contributed by atoms with E-state index in [4.69, 9.17) is 16.1 Å². The molecule has 1 rings (SSSR count). The highest BCUT2D eigenvalue weighted by Crippen LogP contribution is 2.64. The number of nitrogens with one attached hydrogen (secondary N) is 1. The topological polar surface area (TPSA) is 58.6 Å². The molecule has 2 amide bonds. The second kappa shape index (κ2) is 10.2. The number of rotatable bonds is 9. The van der Waals surface area contributed by atoms with Crippen LogP contribution in [0.2, 0.25) is 0 Å². The first-order chi connectivity index (χ1) is 11.0. The Morgan fingerprint density at radius 2 is 2.04 bits per heavy atom.